The Bertz CT molecular complexity index is 619. The van der Waals surface area contributed by atoms with Crippen molar-refractivity contribution in [3.8, 4) is 0 Å². The van der Waals surface area contributed by atoms with Gasteiger partial charge in [-0.3, -0.25) is 0 Å². The molecule has 1 atom stereocenters. The van der Waals surface area contributed by atoms with E-state index in [-0.39, 0.29) is 6.04 Å². The van der Waals surface area contributed by atoms with E-state index in [1.54, 1.807) is 0 Å². The van der Waals surface area contributed by atoms with Crippen LogP contribution in [0, 0.1) is 20.8 Å². The van der Waals surface area contributed by atoms with Crippen molar-refractivity contribution in [3.63, 3.8) is 0 Å². The fourth-order valence-corrected chi connectivity index (χ4v) is 2.94. The molecule has 0 aliphatic heterocycles. The molecule has 0 saturated carbocycles. The van der Waals surface area contributed by atoms with Gasteiger partial charge >= 0.3 is 0 Å². The van der Waals surface area contributed by atoms with E-state index in [9.17, 15) is 0 Å². The van der Waals surface area contributed by atoms with Crippen LogP contribution < -0.4 is 5.32 Å². The van der Waals surface area contributed by atoms with Gasteiger partial charge in [0, 0.05) is 5.02 Å². The number of halogens is 1. The van der Waals surface area contributed by atoms with Crippen molar-refractivity contribution in [3.05, 3.63) is 69.2 Å². The van der Waals surface area contributed by atoms with Gasteiger partial charge in [0.05, 0.1) is 6.04 Å². The first kappa shape index (κ1) is 16.1. The first-order valence-electron chi connectivity index (χ1n) is 7.59. The van der Waals surface area contributed by atoms with Gasteiger partial charge in [-0.15, -0.1) is 0 Å². The summed E-state index contributed by atoms with van der Waals surface area (Å²) in [5.41, 5.74) is 6.52. The fourth-order valence-electron chi connectivity index (χ4n) is 2.71. The highest BCUT2D eigenvalue weighted by atomic mass is 35.5. The van der Waals surface area contributed by atoms with E-state index < -0.39 is 0 Å². The zero-order chi connectivity index (χ0) is 15.4. The SMILES string of the molecule is CCCNC(c1ccc(Cl)cc1C)c1cc(C)ccc1C. The van der Waals surface area contributed by atoms with Gasteiger partial charge in [-0.2, -0.15) is 0 Å². The number of hydrogen-bond acceptors (Lipinski definition) is 1. The Morgan fingerprint density at radius 3 is 2.38 bits per heavy atom. The second-order valence-electron chi connectivity index (χ2n) is 5.75. The van der Waals surface area contributed by atoms with E-state index >= 15 is 0 Å². The molecule has 0 amide bonds. The molecular formula is C19H24ClN. The topological polar surface area (TPSA) is 12.0 Å². The summed E-state index contributed by atoms with van der Waals surface area (Å²) in [6, 6.07) is 13.1. The lowest BCUT2D eigenvalue weighted by atomic mass is 9.91. The number of nitrogens with one attached hydrogen (secondary N) is 1. The maximum absolute atomic E-state index is 6.11. The minimum absolute atomic E-state index is 0.224. The summed E-state index contributed by atoms with van der Waals surface area (Å²) in [5, 5.41) is 4.48. The van der Waals surface area contributed by atoms with Crippen LogP contribution in [0.25, 0.3) is 0 Å². The van der Waals surface area contributed by atoms with Crippen LogP contribution in [0.3, 0.4) is 0 Å². The summed E-state index contributed by atoms with van der Waals surface area (Å²) < 4.78 is 0. The maximum atomic E-state index is 6.11. The van der Waals surface area contributed by atoms with E-state index in [1.807, 2.05) is 12.1 Å². The average Bonchev–Trinajstić information content (AvgIpc) is 2.44. The van der Waals surface area contributed by atoms with Crippen molar-refractivity contribution < 1.29 is 0 Å². The van der Waals surface area contributed by atoms with Gasteiger partial charge in [-0.25, -0.2) is 0 Å². The van der Waals surface area contributed by atoms with E-state index in [4.69, 9.17) is 11.6 Å². The fraction of sp³-hybridized carbons (Fsp3) is 0.368. The third kappa shape index (κ3) is 3.87. The lowest BCUT2D eigenvalue weighted by Crippen LogP contribution is -2.24. The third-order valence-electron chi connectivity index (χ3n) is 3.89. The molecule has 0 aliphatic carbocycles. The monoisotopic (exact) mass is 301 g/mol. The first-order valence-corrected chi connectivity index (χ1v) is 7.97. The van der Waals surface area contributed by atoms with Gasteiger partial charge < -0.3 is 5.32 Å². The molecule has 0 saturated heterocycles. The minimum Gasteiger partial charge on any atom is -0.306 e. The van der Waals surface area contributed by atoms with Gasteiger partial charge in [-0.05, 0) is 68.1 Å². The van der Waals surface area contributed by atoms with Crippen LogP contribution >= 0.6 is 11.6 Å². The van der Waals surface area contributed by atoms with Crippen LogP contribution in [-0.4, -0.2) is 6.54 Å². The number of aryl methyl sites for hydroxylation is 3. The molecule has 0 bridgehead atoms. The van der Waals surface area contributed by atoms with E-state index in [1.165, 1.54) is 27.8 Å². The Labute approximate surface area is 133 Å². The van der Waals surface area contributed by atoms with Crippen LogP contribution in [0.15, 0.2) is 36.4 Å². The van der Waals surface area contributed by atoms with E-state index in [2.05, 4.69) is 57.3 Å². The summed E-state index contributed by atoms with van der Waals surface area (Å²) in [7, 11) is 0. The average molecular weight is 302 g/mol. The molecule has 1 unspecified atom stereocenters. The van der Waals surface area contributed by atoms with Crippen molar-refractivity contribution >= 4 is 11.6 Å². The number of rotatable bonds is 5. The summed E-state index contributed by atoms with van der Waals surface area (Å²) >= 11 is 6.11. The zero-order valence-corrected chi connectivity index (χ0v) is 14.1. The molecule has 0 radical (unpaired) electrons. The van der Waals surface area contributed by atoms with Gasteiger partial charge in [0.25, 0.3) is 0 Å². The molecule has 1 N–H and O–H groups in total. The van der Waals surface area contributed by atoms with Crippen LogP contribution in [0.1, 0.15) is 47.2 Å². The quantitative estimate of drug-likeness (QED) is 0.784. The Hall–Kier alpha value is -1.31. The van der Waals surface area contributed by atoms with Crippen molar-refractivity contribution in [2.24, 2.45) is 0 Å². The standard InChI is InChI=1S/C19H24ClN/c1-5-10-21-19(17-9-8-16(20)12-15(17)4)18-11-13(2)6-7-14(18)3/h6-9,11-12,19,21H,5,10H2,1-4H3. The van der Waals surface area contributed by atoms with Gasteiger partial charge in [-0.1, -0.05) is 48.4 Å². The van der Waals surface area contributed by atoms with E-state index in [0.29, 0.717) is 0 Å². The van der Waals surface area contributed by atoms with Gasteiger partial charge in [0.15, 0.2) is 0 Å². The summed E-state index contributed by atoms with van der Waals surface area (Å²) in [6.07, 6.45) is 1.12. The molecule has 2 rings (SSSR count). The maximum Gasteiger partial charge on any atom is 0.0582 e. The molecule has 112 valence electrons. The largest absolute Gasteiger partial charge is 0.306 e. The van der Waals surface area contributed by atoms with Crippen LogP contribution in [0.5, 0.6) is 0 Å². The molecule has 0 heterocycles. The number of hydrogen-bond donors (Lipinski definition) is 1. The lowest BCUT2D eigenvalue weighted by molar-refractivity contribution is 0.594. The summed E-state index contributed by atoms with van der Waals surface area (Å²) in [5.74, 6) is 0. The van der Waals surface area contributed by atoms with Crippen LogP contribution in [0.4, 0.5) is 0 Å². The van der Waals surface area contributed by atoms with Crippen LogP contribution in [0.2, 0.25) is 5.02 Å². The lowest BCUT2D eigenvalue weighted by Gasteiger charge is -2.24. The Balaban J connectivity index is 2.49. The second kappa shape index (κ2) is 7.11. The first-order chi connectivity index (χ1) is 10.0. The van der Waals surface area contributed by atoms with Gasteiger partial charge in [0.2, 0.25) is 0 Å². The van der Waals surface area contributed by atoms with Crippen molar-refractivity contribution in [2.45, 2.75) is 40.2 Å². The predicted molar refractivity (Wildman–Crippen MR) is 92.2 cm³/mol. The zero-order valence-electron chi connectivity index (χ0n) is 13.3. The van der Waals surface area contributed by atoms with Crippen molar-refractivity contribution in [1.82, 2.24) is 5.32 Å². The highest BCUT2D eigenvalue weighted by molar-refractivity contribution is 6.30. The van der Waals surface area contributed by atoms with Crippen molar-refractivity contribution in [2.75, 3.05) is 6.54 Å². The highest BCUT2D eigenvalue weighted by Crippen LogP contribution is 2.29. The normalized spacial score (nSPS) is 12.4. The molecule has 0 spiro atoms. The Kier molecular flexibility index (Phi) is 5.44. The van der Waals surface area contributed by atoms with E-state index in [0.717, 1.165) is 18.0 Å². The highest BCUT2D eigenvalue weighted by Gasteiger charge is 2.17. The molecule has 0 fully saturated rings. The minimum atomic E-state index is 0.224. The second-order valence-corrected chi connectivity index (χ2v) is 6.18. The molecule has 2 aromatic carbocycles. The smallest absolute Gasteiger partial charge is 0.0582 e. The summed E-state index contributed by atoms with van der Waals surface area (Å²) in [6.45, 7) is 9.66. The molecule has 21 heavy (non-hydrogen) atoms. The predicted octanol–water partition coefficient (Wildman–Crippen LogP) is 5.35. The Morgan fingerprint density at radius 1 is 0.952 bits per heavy atom. The van der Waals surface area contributed by atoms with Crippen molar-refractivity contribution in [1.29, 1.82) is 0 Å². The molecule has 1 nitrogen and oxygen atoms in total. The van der Waals surface area contributed by atoms with Crippen LogP contribution in [-0.2, 0) is 0 Å². The molecule has 2 aromatic rings. The summed E-state index contributed by atoms with van der Waals surface area (Å²) in [4.78, 5) is 0. The molecular weight excluding hydrogens is 278 g/mol. The Morgan fingerprint density at radius 2 is 1.71 bits per heavy atom. The number of benzene rings is 2. The molecule has 0 aromatic heterocycles. The van der Waals surface area contributed by atoms with Gasteiger partial charge in [0.1, 0.15) is 0 Å². The third-order valence-corrected chi connectivity index (χ3v) is 4.12. The molecule has 0 aliphatic rings. The molecule has 2 heteroatoms.